The van der Waals surface area contributed by atoms with E-state index in [2.05, 4.69) is 21.2 Å². The van der Waals surface area contributed by atoms with Gasteiger partial charge in [-0.05, 0) is 49.7 Å². The predicted molar refractivity (Wildman–Crippen MR) is 101 cm³/mol. The number of hydrogen-bond acceptors (Lipinski definition) is 3. The first kappa shape index (κ1) is 18.6. The average Bonchev–Trinajstić information content (AvgIpc) is 2.56. The van der Waals surface area contributed by atoms with Crippen LogP contribution in [0.25, 0.3) is 0 Å². The minimum absolute atomic E-state index is 0.262. The van der Waals surface area contributed by atoms with E-state index in [1.165, 1.54) is 0 Å². The van der Waals surface area contributed by atoms with Crippen molar-refractivity contribution in [3.63, 3.8) is 0 Å². The van der Waals surface area contributed by atoms with Gasteiger partial charge in [-0.15, -0.1) is 0 Å². The zero-order valence-corrected chi connectivity index (χ0v) is 15.9. The highest BCUT2D eigenvalue weighted by Crippen LogP contribution is 2.37. The molecule has 0 bridgehead atoms. The Bertz CT molecular complexity index is 704. The third kappa shape index (κ3) is 4.89. The van der Waals surface area contributed by atoms with Crippen LogP contribution in [-0.2, 0) is 0 Å². The number of hydrogen-bond donors (Lipinski definition) is 1. The number of nitrogens with one attached hydrogen (secondary N) is 1. The number of carbonyl (C=O) groups is 1. The summed E-state index contributed by atoms with van der Waals surface area (Å²) in [6.07, 6.45) is 0.855. The van der Waals surface area contributed by atoms with Crippen LogP contribution >= 0.6 is 27.5 Å². The van der Waals surface area contributed by atoms with Gasteiger partial charge in [0.1, 0.15) is 0 Å². The van der Waals surface area contributed by atoms with Gasteiger partial charge in [0.25, 0.3) is 5.91 Å². The van der Waals surface area contributed by atoms with Crippen molar-refractivity contribution in [1.29, 1.82) is 0 Å². The van der Waals surface area contributed by atoms with Crippen molar-refractivity contribution >= 4 is 39.1 Å². The predicted octanol–water partition coefficient (Wildman–Crippen LogP) is 5.54. The van der Waals surface area contributed by atoms with E-state index in [1.807, 2.05) is 38.1 Å². The Morgan fingerprint density at radius 2 is 1.88 bits per heavy atom. The highest BCUT2D eigenvalue weighted by Gasteiger charge is 2.16. The van der Waals surface area contributed by atoms with E-state index in [0.717, 1.165) is 10.9 Å². The van der Waals surface area contributed by atoms with Crippen LogP contribution in [-0.4, -0.2) is 19.1 Å². The molecule has 0 spiro atoms. The molecular formula is C18H19BrClNO3. The Kier molecular flexibility index (Phi) is 6.94. The van der Waals surface area contributed by atoms with Gasteiger partial charge < -0.3 is 14.8 Å². The minimum atomic E-state index is -0.262. The van der Waals surface area contributed by atoms with E-state index in [-0.39, 0.29) is 5.91 Å². The molecule has 1 amide bonds. The summed E-state index contributed by atoms with van der Waals surface area (Å²) in [5, 5.41) is 3.19. The topological polar surface area (TPSA) is 47.6 Å². The molecule has 0 unspecified atom stereocenters. The highest BCUT2D eigenvalue weighted by atomic mass is 79.9. The van der Waals surface area contributed by atoms with Gasteiger partial charge >= 0.3 is 0 Å². The molecule has 0 radical (unpaired) electrons. The molecule has 0 heterocycles. The van der Waals surface area contributed by atoms with Gasteiger partial charge in [0, 0.05) is 15.7 Å². The average molecular weight is 413 g/mol. The van der Waals surface area contributed by atoms with Crippen LogP contribution in [0.5, 0.6) is 11.5 Å². The maximum atomic E-state index is 12.5. The quantitative estimate of drug-likeness (QED) is 0.649. The molecule has 0 aliphatic carbocycles. The Hall–Kier alpha value is -1.72. The van der Waals surface area contributed by atoms with E-state index < -0.39 is 0 Å². The highest BCUT2D eigenvalue weighted by molar-refractivity contribution is 9.10. The largest absolute Gasteiger partial charge is 0.490 e. The van der Waals surface area contributed by atoms with Gasteiger partial charge in [-0.3, -0.25) is 4.79 Å². The van der Waals surface area contributed by atoms with Crippen molar-refractivity contribution in [2.24, 2.45) is 0 Å². The minimum Gasteiger partial charge on any atom is -0.490 e. The van der Waals surface area contributed by atoms with Gasteiger partial charge in [0.05, 0.1) is 18.2 Å². The van der Waals surface area contributed by atoms with Crippen molar-refractivity contribution in [1.82, 2.24) is 0 Å². The summed E-state index contributed by atoms with van der Waals surface area (Å²) in [7, 11) is 0. The Labute approximate surface area is 155 Å². The lowest BCUT2D eigenvalue weighted by Crippen LogP contribution is -2.12. The molecule has 6 heteroatoms. The van der Waals surface area contributed by atoms with Crippen LogP contribution in [0, 0.1) is 0 Å². The van der Waals surface area contributed by atoms with Gasteiger partial charge in [-0.1, -0.05) is 34.5 Å². The molecule has 0 fully saturated rings. The van der Waals surface area contributed by atoms with E-state index in [4.69, 9.17) is 21.1 Å². The first-order valence-electron chi connectivity index (χ1n) is 7.71. The molecule has 0 aliphatic heterocycles. The van der Waals surface area contributed by atoms with Crippen molar-refractivity contribution in [2.45, 2.75) is 20.3 Å². The fourth-order valence-electron chi connectivity index (χ4n) is 2.04. The molecule has 0 aliphatic rings. The fraction of sp³-hybridized carbons (Fsp3) is 0.278. The maximum Gasteiger partial charge on any atom is 0.255 e. The fourth-order valence-corrected chi connectivity index (χ4v) is 2.57. The Morgan fingerprint density at radius 3 is 2.50 bits per heavy atom. The monoisotopic (exact) mass is 411 g/mol. The summed E-state index contributed by atoms with van der Waals surface area (Å²) in [5.41, 5.74) is 1.11. The number of benzene rings is 2. The van der Waals surface area contributed by atoms with E-state index >= 15 is 0 Å². The number of amides is 1. The second kappa shape index (κ2) is 8.94. The van der Waals surface area contributed by atoms with Crippen LogP contribution in [0.4, 0.5) is 5.69 Å². The summed E-state index contributed by atoms with van der Waals surface area (Å²) >= 11 is 9.64. The number of anilines is 1. The Morgan fingerprint density at radius 1 is 1.17 bits per heavy atom. The second-order valence-electron chi connectivity index (χ2n) is 5.03. The maximum absolute atomic E-state index is 12.5. The molecule has 2 rings (SSSR count). The van der Waals surface area contributed by atoms with Crippen LogP contribution in [0.1, 0.15) is 30.6 Å². The Balaban J connectivity index is 2.25. The normalized spacial score (nSPS) is 10.3. The summed E-state index contributed by atoms with van der Waals surface area (Å²) < 4.78 is 12.2. The number of carbonyl (C=O) groups excluding carboxylic acids is 1. The zero-order valence-electron chi connectivity index (χ0n) is 13.6. The molecule has 0 aromatic heterocycles. The van der Waals surface area contributed by atoms with Crippen molar-refractivity contribution in [2.75, 3.05) is 18.5 Å². The van der Waals surface area contributed by atoms with E-state index in [0.29, 0.717) is 41.0 Å². The van der Waals surface area contributed by atoms with Crippen molar-refractivity contribution < 1.29 is 14.3 Å². The number of ether oxygens (including phenoxy) is 2. The molecule has 0 saturated carbocycles. The SMILES string of the molecule is CCCOc1c(Cl)cc(C(=O)Nc2ccc(Br)cc2)cc1OCC. The van der Waals surface area contributed by atoms with Gasteiger partial charge in [-0.25, -0.2) is 0 Å². The summed E-state index contributed by atoms with van der Waals surface area (Å²) in [6.45, 7) is 4.86. The van der Waals surface area contributed by atoms with Crippen molar-refractivity contribution in [3.05, 3.63) is 51.5 Å². The van der Waals surface area contributed by atoms with Crippen LogP contribution < -0.4 is 14.8 Å². The van der Waals surface area contributed by atoms with Gasteiger partial charge in [0.15, 0.2) is 11.5 Å². The molecule has 24 heavy (non-hydrogen) atoms. The molecule has 0 atom stereocenters. The summed E-state index contributed by atoms with van der Waals surface area (Å²) in [5.74, 6) is 0.683. The first-order chi connectivity index (χ1) is 11.5. The third-order valence-electron chi connectivity index (χ3n) is 3.12. The number of halogens is 2. The van der Waals surface area contributed by atoms with Crippen LogP contribution in [0.3, 0.4) is 0 Å². The second-order valence-corrected chi connectivity index (χ2v) is 6.35. The molecule has 2 aromatic rings. The van der Waals surface area contributed by atoms with E-state index in [9.17, 15) is 4.79 Å². The molecular weight excluding hydrogens is 394 g/mol. The summed E-state index contributed by atoms with van der Waals surface area (Å²) in [6, 6.07) is 10.6. The first-order valence-corrected chi connectivity index (χ1v) is 8.88. The van der Waals surface area contributed by atoms with Gasteiger partial charge in [-0.2, -0.15) is 0 Å². The van der Waals surface area contributed by atoms with Gasteiger partial charge in [0.2, 0.25) is 0 Å². The smallest absolute Gasteiger partial charge is 0.255 e. The summed E-state index contributed by atoms with van der Waals surface area (Å²) in [4.78, 5) is 12.5. The lowest BCUT2D eigenvalue weighted by Gasteiger charge is -2.15. The molecule has 128 valence electrons. The standard InChI is InChI=1S/C18H19BrClNO3/c1-3-9-24-17-15(20)10-12(11-16(17)23-4-2)18(22)21-14-7-5-13(19)6-8-14/h5-8,10-11H,3-4,9H2,1-2H3,(H,21,22). The van der Waals surface area contributed by atoms with E-state index in [1.54, 1.807) is 12.1 Å². The third-order valence-corrected chi connectivity index (χ3v) is 3.93. The van der Waals surface area contributed by atoms with Crippen LogP contribution in [0.2, 0.25) is 5.02 Å². The molecule has 4 nitrogen and oxygen atoms in total. The molecule has 2 aromatic carbocycles. The lowest BCUT2D eigenvalue weighted by atomic mass is 10.1. The van der Waals surface area contributed by atoms with Crippen LogP contribution in [0.15, 0.2) is 40.9 Å². The zero-order chi connectivity index (χ0) is 17.5. The lowest BCUT2D eigenvalue weighted by molar-refractivity contribution is 0.102. The number of rotatable bonds is 7. The molecule has 0 saturated heterocycles. The van der Waals surface area contributed by atoms with Crippen molar-refractivity contribution in [3.8, 4) is 11.5 Å². The molecule has 1 N–H and O–H groups in total.